The van der Waals surface area contributed by atoms with Crippen molar-refractivity contribution < 1.29 is 10.1 Å². The summed E-state index contributed by atoms with van der Waals surface area (Å²) in [5.41, 5.74) is 14.7. The maximum Gasteiger partial charge on any atom is 0.276 e. The molecule has 6 heteroatoms. The lowest BCUT2D eigenvalue weighted by Gasteiger charge is -2.11. The molecule has 0 amide bonds. The molecular formula is C23H20N5O+. The quantitative estimate of drug-likeness (QED) is 0.363. The predicted octanol–water partition coefficient (Wildman–Crippen LogP) is 2.65. The van der Waals surface area contributed by atoms with Gasteiger partial charge < -0.3 is 10.5 Å². The summed E-state index contributed by atoms with van der Waals surface area (Å²) in [7, 11) is 0. The fourth-order valence-electron chi connectivity index (χ4n) is 2.99. The smallest absolute Gasteiger partial charge is 0.276 e. The summed E-state index contributed by atoms with van der Waals surface area (Å²) < 4.78 is 5.85. The first-order chi connectivity index (χ1) is 14.1. The van der Waals surface area contributed by atoms with Crippen LogP contribution >= 0.6 is 0 Å². The van der Waals surface area contributed by atoms with Gasteiger partial charge in [0.05, 0.1) is 5.69 Å². The van der Waals surface area contributed by atoms with Gasteiger partial charge in [0.1, 0.15) is 22.9 Å². The first-order valence-corrected chi connectivity index (χ1v) is 9.06. The van der Waals surface area contributed by atoms with Gasteiger partial charge in [0.15, 0.2) is 5.82 Å². The van der Waals surface area contributed by atoms with Crippen LogP contribution in [0.2, 0.25) is 0 Å². The third-order valence-corrected chi connectivity index (χ3v) is 4.36. The molecule has 0 aliphatic carbocycles. The highest BCUT2D eigenvalue weighted by Gasteiger charge is 2.20. The summed E-state index contributed by atoms with van der Waals surface area (Å²) in [6.07, 6.45) is 0. The van der Waals surface area contributed by atoms with Crippen LogP contribution in [0.15, 0.2) is 84.9 Å². The number of ether oxygens (including phenoxy) is 1. The molecule has 1 aromatic heterocycles. The van der Waals surface area contributed by atoms with Gasteiger partial charge in [-0.25, -0.2) is 9.97 Å². The summed E-state index contributed by atoms with van der Waals surface area (Å²) in [5, 5.41) is 5.88. The average molecular weight is 382 g/mol. The number of nitrogens with two attached hydrogens (primary N) is 3. The normalized spacial score (nSPS) is 10.5. The first kappa shape index (κ1) is 18.2. The Balaban J connectivity index is 1.75. The highest BCUT2D eigenvalue weighted by Crippen LogP contribution is 2.30. The van der Waals surface area contributed by atoms with Gasteiger partial charge in [0.25, 0.3) is 5.84 Å². The Hall–Kier alpha value is -4.19. The Morgan fingerprint density at radius 1 is 0.724 bits per heavy atom. The van der Waals surface area contributed by atoms with Crippen LogP contribution in [0.3, 0.4) is 0 Å². The van der Waals surface area contributed by atoms with Crippen LogP contribution in [-0.4, -0.2) is 15.8 Å². The largest absolute Gasteiger partial charge is 0.457 e. The molecule has 1 heterocycles. The van der Waals surface area contributed by atoms with E-state index in [1.807, 2.05) is 84.9 Å². The van der Waals surface area contributed by atoms with Crippen LogP contribution in [0, 0.1) is 0 Å². The van der Waals surface area contributed by atoms with Gasteiger partial charge in [-0.05, 0) is 36.4 Å². The second-order valence-electron chi connectivity index (χ2n) is 6.42. The Labute approximate surface area is 168 Å². The van der Waals surface area contributed by atoms with Crippen LogP contribution < -0.4 is 21.6 Å². The molecule has 0 aliphatic rings. The third-order valence-electron chi connectivity index (χ3n) is 4.36. The van der Waals surface area contributed by atoms with E-state index in [2.05, 4.69) is 4.98 Å². The molecule has 29 heavy (non-hydrogen) atoms. The maximum absolute atomic E-state index is 6.17. The minimum absolute atomic E-state index is 0.0710. The zero-order valence-corrected chi connectivity index (χ0v) is 15.6. The highest BCUT2D eigenvalue weighted by atomic mass is 16.5. The molecule has 0 saturated carbocycles. The van der Waals surface area contributed by atoms with E-state index in [-0.39, 0.29) is 11.7 Å². The first-order valence-electron chi connectivity index (χ1n) is 9.06. The Morgan fingerprint density at radius 3 is 1.93 bits per heavy atom. The van der Waals surface area contributed by atoms with E-state index in [4.69, 9.17) is 26.6 Å². The van der Waals surface area contributed by atoms with Gasteiger partial charge in [-0.3, -0.25) is 11.1 Å². The number of amidine groups is 1. The fraction of sp³-hybridized carbons (Fsp3) is 0. The number of hydrogen-bond donors (Lipinski definition) is 3. The standard InChI is InChI=1S/C23H19N5O/c24-21(25)19-20(27-23(28-22(19)26)16-7-3-1-4-8-16)15-11-13-18(14-12-15)29-17-9-5-2-6-10-17/h1-14H,(H3,24,25)(H2,26,27,28)/p+1. The van der Waals surface area contributed by atoms with Gasteiger partial charge in [-0.2, -0.15) is 0 Å². The average Bonchev–Trinajstić information content (AvgIpc) is 2.75. The van der Waals surface area contributed by atoms with E-state index in [1.165, 1.54) is 0 Å². The summed E-state index contributed by atoms with van der Waals surface area (Å²) in [5.74, 6) is 2.28. The van der Waals surface area contributed by atoms with Gasteiger partial charge >= 0.3 is 0 Å². The van der Waals surface area contributed by atoms with Crippen LogP contribution in [0.1, 0.15) is 5.56 Å². The molecular weight excluding hydrogens is 362 g/mol. The van der Waals surface area contributed by atoms with Crippen molar-refractivity contribution in [1.29, 1.82) is 0 Å². The molecule has 0 radical (unpaired) electrons. The van der Waals surface area contributed by atoms with E-state index in [0.29, 0.717) is 22.8 Å². The van der Waals surface area contributed by atoms with E-state index in [9.17, 15) is 0 Å². The predicted molar refractivity (Wildman–Crippen MR) is 114 cm³/mol. The SMILES string of the molecule is NC(=[NH2+])c1c(N)nc(-c2ccccc2)nc1-c1ccc(Oc2ccccc2)cc1. The summed E-state index contributed by atoms with van der Waals surface area (Å²) in [6, 6.07) is 26.7. The van der Waals surface area contributed by atoms with Crippen molar-refractivity contribution in [2.75, 3.05) is 5.73 Å². The van der Waals surface area contributed by atoms with E-state index in [1.54, 1.807) is 0 Å². The maximum atomic E-state index is 6.17. The summed E-state index contributed by atoms with van der Waals surface area (Å²) >= 11 is 0. The van der Waals surface area contributed by atoms with Crippen LogP contribution in [-0.2, 0) is 0 Å². The van der Waals surface area contributed by atoms with Crippen molar-refractivity contribution in [2.45, 2.75) is 0 Å². The Morgan fingerprint density at radius 2 is 1.31 bits per heavy atom. The molecule has 4 rings (SSSR count). The molecule has 0 saturated heterocycles. The van der Waals surface area contributed by atoms with Crippen LogP contribution in [0.5, 0.6) is 11.5 Å². The second kappa shape index (κ2) is 7.82. The number of nitrogens with zero attached hydrogens (tertiary/aromatic N) is 2. The molecule has 3 aromatic carbocycles. The molecule has 0 spiro atoms. The number of nitrogen functional groups attached to an aromatic ring is 1. The lowest BCUT2D eigenvalue weighted by molar-refractivity contribution is -0.114. The Kier molecular flexibility index (Phi) is 4.90. The number of aromatic nitrogens is 2. The highest BCUT2D eigenvalue weighted by molar-refractivity contribution is 6.03. The minimum atomic E-state index is 0.0710. The molecule has 4 aromatic rings. The number of para-hydroxylation sites is 1. The van der Waals surface area contributed by atoms with Gasteiger partial charge in [0, 0.05) is 11.1 Å². The molecule has 0 bridgehead atoms. The molecule has 0 aliphatic heterocycles. The Bertz CT molecular complexity index is 1140. The lowest BCUT2D eigenvalue weighted by atomic mass is 10.0. The summed E-state index contributed by atoms with van der Waals surface area (Å²) in [6.45, 7) is 0. The van der Waals surface area contributed by atoms with Crippen molar-refractivity contribution in [3.8, 4) is 34.1 Å². The minimum Gasteiger partial charge on any atom is -0.457 e. The zero-order chi connectivity index (χ0) is 20.2. The van der Waals surface area contributed by atoms with E-state index < -0.39 is 0 Å². The number of hydrogen-bond acceptors (Lipinski definition) is 4. The molecule has 6 nitrogen and oxygen atoms in total. The zero-order valence-electron chi connectivity index (χ0n) is 15.6. The third kappa shape index (κ3) is 3.91. The molecule has 0 unspecified atom stereocenters. The monoisotopic (exact) mass is 382 g/mol. The van der Waals surface area contributed by atoms with Gasteiger partial charge in [-0.15, -0.1) is 0 Å². The van der Waals surface area contributed by atoms with Crippen LogP contribution in [0.4, 0.5) is 5.82 Å². The number of benzene rings is 3. The topological polar surface area (TPSA) is 113 Å². The molecule has 0 fully saturated rings. The lowest BCUT2D eigenvalue weighted by Crippen LogP contribution is -2.47. The van der Waals surface area contributed by atoms with Gasteiger partial charge in [-0.1, -0.05) is 48.5 Å². The summed E-state index contributed by atoms with van der Waals surface area (Å²) in [4.78, 5) is 9.08. The van der Waals surface area contributed by atoms with Crippen molar-refractivity contribution in [1.82, 2.24) is 9.97 Å². The number of anilines is 1. The van der Waals surface area contributed by atoms with Crippen molar-refractivity contribution in [3.05, 3.63) is 90.5 Å². The number of rotatable bonds is 5. The van der Waals surface area contributed by atoms with Crippen molar-refractivity contribution in [3.63, 3.8) is 0 Å². The van der Waals surface area contributed by atoms with Gasteiger partial charge in [0.2, 0.25) is 0 Å². The van der Waals surface area contributed by atoms with Crippen LogP contribution in [0.25, 0.3) is 22.6 Å². The second-order valence-corrected chi connectivity index (χ2v) is 6.42. The van der Waals surface area contributed by atoms with Crippen molar-refractivity contribution in [2.24, 2.45) is 5.73 Å². The molecule has 6 N–H and O–H groups in total. The van der Waals surface area contributed by atoms with E-state index in [0.717, 1.165) is 16.9 Å². The van der Waals surface area contributed by atoms with Crippen molar-refractivity contribution >= 4 is 11.7 Å². The van der Waals surface area contributed by atoms with E-state index >= 15 is 0 Å². The molecule has 0 atom stereocenters. The molecule has 142 valence electrons. The fourth-order valence-corrected chi connectivity index (χ4v) is 2.99.